The van der Waals surface area contributed by atoms with Crippen molar-refractivity contribution in [3.8, 4) is 0 Å². The van der Waals surface area contributed by atoms with E-state index in [1.807, 2.05) is 0 Å². The summed E-state index contributed by atoms with van der Waals surface area (Å²) >= 11 is 3.94. The highest BCUT2D eigenvalue weighted by atomic mass is 79.9. The van der Waals surface area contributed by atoms with Crippen molar-refractivity contribution in [1.82, 2.24) is 0 Å². The smallest absolute Gasteiger partial charge is 0.0164 e. The maximum Gasteiger partial charge on any atom is 0.0164 e. The molecule has 1 atom stereocenters. The molecule has 0 fully saturated rings. The number of allylic oxidation sites excluding steroid dienone is 2. The predicted molar refractivity (Wildman–Crippen MR) is 93.3 cm³/mol. The number of hydrogen-bond acceptors (Lipinski definition) is 0. The highest BCUT2D eigenvalue weighted by Crippen LogP contribution is 2.48. The molecule has 1 unspecified atom stereocenters. The zero-order valence-corrected chi connectivity index (χ0v) is 14.5. The van der Waals surface area contributed by atoms with Crippen molar-refractivity contribution in [2.75, 3.05) is 0 Å². The summed E-state index contributed by atoms with van der Waals surface area (Å²) in [6.07, 6.45) is 10.5. The van der Waals surface area contributed by atoms with Crippen LogP contribution in [0, 0.1) is 0 Å². The molecule has 110 valence electrons. The molecule has 0 radical (unpaired) electrons. The van der Waals surface area contributed by atoms with Crippen LogP contribution in [0.25, 0.3) is 5.57 Å². The van der Waals surface area contributed by atoms with Crippen molar-refractivity contribution in [3.63, 3.8) is 0 Å². The van der Waals surface area contributed by atoms with Gasteiger partial charge >= 0.3 is 0 Å². The van der Waals surface area contributed by atoms with E-state index >= 15 is 0 Å². The van der Waals surface area contributed by atoms with Gasteiger partial charge in [-0.05, 0) is 36.0 Å². The van der Waals surface area contributed by atoms with Crippen molar-refractivity contribution >= 4 is 21.5 Å². The predicted octanol–water partition coefficient (Wildman–Crippen LogP) is 7.05. The molecule has 1 aliphatic carbocycles. The topological polar surface area (TPSA) is 0 Å². The number of unbranched alkanes of at least 4 members (excludes halogenated alkanes) is 4. The summed E-state index contributed by atoms with van der Waals surface area (Å²) in [5.41, 5.74) is 4.65. The fourth-order valence-electron chi connectivity index (χ4n) is 3.24. The summed E-state index contributed by atoms with van der Waals surface area (Å²) in [6, 6.07) is 9.03. The molecule has 0 saturated carbocycles. The molecule has 0 bridgehead atoms. The van der Waals surface area contributed by atoms with Gasteiger partial charge in [-0.25, -0.2) is 0 Å². The first-order chi connectivity index (χ1) is 9.79. The van der Waals surface area contributed by atoms with Crippen molar-refractivity contribution in [1.29, 1.82) is 0 Å². The van der Waals surface area contributed by atoms with Gasteiger partial charge in [0.15, 0.2) is 0 Å². The Morgan fingerprint density at radius 3 is 2.40 bits per heavy atom. The van der Waals surface area contributed by atoms with Crippen LogP contribution < -0.4 is 0 Å². The minimum Gasteiger partial charge on any atom is -0.0654 e. The lowest BCUT2D eigenvalue weighted by Crippen LogP contribution is -1.95. The van der Waals surface area contributed by atoms with Gasteiger partial charge in [-0.15, -0.1) is 0 Å². The second-order valence-corrected chi connectivity index (χ2v) is 6.77. The van der Waals surface area contributed by atoms with Crippen LogP contribution in [-0.2, 0) is 0 Å². The molecule has 0 N–H and O–H groups in total. The van der Waals surface area contributed by atoms with Gasteiger partial charge < -0.3 is 0 Å². The summed E-state index contributed by atoms with van der Waals surface area (Å²) in [5.74, 6) is 0.620. The van der Waals surface area contributed by atoms with Gasteiger partial charge in [-0.2, -0.15) is 0 Å². The zero-order chi connectivity index (χ0) is 14.4. The van der Waals surface area contributed by atoms with E-state index < -0.39 is 0 Å². The molecule has 0 aliphatic heterocycles. The van der Waals surface area contributed by atoms with E-state index in [2.05, 4.69) is 54.0 Å². The van der Waals surface area contributed by atoms with Crippen LogP contribution in [-0.4, -0.2) is 0 Å². The molecule has 1 aromatic rings. The van der Waals surface area contributed by atoms with E-state index in [1.54, 1.807) is 11.1 Å². The van der Waals surface area contributed by atoms with Gasteiger partial charge in [0.2, 0.25) is 0 Å². The molecule has 0 heterocycles. The number of halogens is 1. The Morgan fingerprint density at radius 1 is 0.950 bits per heavy atom. The molecule has 0 saturated heterocycles. The Balaban J connectivity index is 2.15. The number of rotatable bonds is 8. The first-order valence-corrected chi connectivity index (χ1v) is 9.06. The quantitative estimate of drug-likeness (QED) is 0.446. The van der Waals surface area contributed by atoms with Crippen LogP contribution >= 0.6 is 15.9 Å². The summed E-state index contributed by atoms with van der Waals surface area (Å²) in [6.45, 7) is 4.56. The molecule has 1 aromatic carbocycles. The summed E-state index contributed by atoms with van der Waals surface area (Å²) in [7, 11) is 0. The van der Waals surface area contributed by atoms with Crippen molar-refractivity contribution in [3.05, 3.63) is 39.9 Å². The maximum atomic E-state index is 3.94. The van der Waals surface area contributed by atoms with E-state index in [-0.39, 0.29) is 0 Å². The molecule has 0 nitrogen and oxygen atoms in total. The van der Waals surface area contributed by atoms with Gasteiger partial charge in [-0.1, -0.05) is 86.1 Å². The Bertz CT molecular complexity index is 459. The molecular formula is C19H27Br. The second-order valence-electron chi connectivity index (χ2n) is 5.92. The Morgan fingerprint density at radius 2 is 1.65 bits per heavy atom. The molecule has 1 aliphatic rings. The van der Waals surface area contributed by atoms with Crippen molar-refractivity contribution in [2.24, 2.45) is 0 Å². The SMILES string of the molecule is CCCCCC1=C(Br)C(CCCCC)c2ccccc21. The lowest BCUT2D eigenvalue weighted by atomic mass is 9.95. The van der Waals surface area contributed by atoms with E-state index in [1.165, 1.54) is 61.4 Å². The summed E-state index contributed by atoms with van der Waals surface area (Å²) in [4.78, 5) is 0. The maximum absolute atomic E-state index is 3.94. The highest BCUT2D eigenvalue weighted by molar-refractivity contribution is 9.11. The normalized spacial score (nSPS) is 17.6. The highest BCUT2D eigenvalue weighted by Gasteiger charge is 2.28. The molecule has 0 amide bonds. The average Bonchev–Trinajstić information content (AvgIpc) is 2.73. The third kappa shape index (κ3) is 3.55. The third-order valence-electron chi connectivity index (χ3n) is 4.38. The fourth-order valence-corrected chi connectivity index (χ4v) is 4.13. The van der Waals surface area contributed by atoms with E-state index in [9.17, 15) is 0 Å². The Kier molecular flexibility index (Phi) is 6.35. The Labute approximate surface area is 132 Å². The minimum absolute atomic E-state index is 0.620. The average molecular weight is 335 g/mol. The van der Waals surface area contributed by atoms with Gasteiger partial charge in [0.05, 0.1) is 0 Å². The van der Waals surface area contributed by atoms with E-state index in [0.717, 1.165) is 0 Å². The van der Waals surface area contributed by atoms with Crippen LogP contribution in [0.4, 0.5) is 0 Å². The first kappa shape index (κ1) is 15.8. The molecular weight excluding hydrogens is 308 g/mol. The van der Waals surface area contributed by atoms with Crippen LogP contribution in [0.15, 0.2) is 28.7 Å². The third-order valence-corrected chi connectivity index (χ3v) is 5.41. The van der Waals surface area contributed by atoms with Crippen LogP contribution in [0.5, 0.6) is 0 Å². The van der Waals surface area contributed by atoms with Gasteiger partial charge in [-0.3, -0.25) is 0 Å². The van der Waals surface area contributed by atoms with E-state index in [4.69, 9.17) is 0 Å². The number of benzene rings is 1. The largest absolute Gasteiger partial charge is 0.0654 e. The molecule has 1 heteroatoms. The second kappa shape index (κ2) is 8.02. The lowest BCUT2D eigenvalue weighted by Gasteiger charge is -2.12. The van der Waals surface area contributed by atoms with Crippen LogP contribution in [0.1, 0.15) is 82.3 Å². The molecule has 0 aromatic heterocycles. The molecule has 20 heavy (non-hydrogen) atoms. The van der Waals surface area contributed by atoms with Crippen LogP contribution in [0.2, 0.25) is 0 Å². The Hall–Kier alpha value is -0.560. The van der Waals surface area contributed by atoms with Crippen molar-refractivity contribution < 1.29 is 0 Å². The number of fused-ring (bicyclic) bond motifs is 1. The van der Waals surface area contributed by atoms with Crippen LogP contribution in [0.3, 0.4) is 0 Å². The molecule has 2 rings (SSSR count). The minimum atomic E-state index is 0.620. The van der Waals surface area contributed by atoms with Crippen molar-refractivity contribution in [2.45, 2.75) is 71.1 Å². The standard InChI is InChI=1S/C19H27Br/c1-3-5-7-13-17-15-11-9-10-12-16(15)18(19(17)20)14-8-6-4-2/h9-12,17H,3-8,13-14H2,1-2H3. The summed E-state index contributed by atoms with van der Waals surface area (Å²) < 4.78 is 1.48. The van der Waals surface area contributed by atoms with Gasteiger partial charge in [0, 0.05) is 10.4 Å². The number of hydrogen-bond donors (Lipinski definition) is 0. The van der Waals surface area contributed by atoms with Gasteiger partial charge in [0.25, 0.3) is 0 Å². The fraction of sp³-hybridized carbons (Fsp3) is 0.579. The lowest BCUT2D eigenvalue weighted by molar-refractivity contribution is 0.629. The zero-order valence-electron chi connectivity index (χ0n) is 12.9. The summed E-state index contributed by atoms with van der Waals surface area (Å²) in [5, 5.41) is 0. The monoisotopic (exact) mass is 334 g/mol. The first-order valence-electron chi connectivity index (χ1n) is 8.27. The van der Waals surface area contributed by atoms with E-state index in [0.29, 0.717) is 5.92 Å². The van der Waals surface area contributed by atoms with Gasteiger partial charge in [0.1, 0.15) is 0 Å². The molecule has 0 spiro atoms.